The van der Waals surface area contributed by atoms with Crippen LogP contribution in [0.5, 0.6) is 11.5 Å². The molecule has 4 atom stereocenters. The number of nitrogens with one attached hydrogen (secondary N) is 1. The highest BCUT2D eigenvalue weighted by Gasteiger charge is 2.56. The largest absolute Gasteiger partial charge is 0.497 e. The molecule has 1 amide bonds. The van der Waals surface area contributed by atoms with Gasteiger partial charge in [0, 0.05) is 37.7 Å². The lowest BCUT2D eigenvalue weighted by atomic mass is 10.1. The summed E-state index contributed by atoms with van der Waals surface area (Å²) in [6.45, 7) is 2.80. The molecule has 5 nitrogen and oxygen atoms in total. The first-order chi connectivity index (χ1) is 12.2. The van der Waals surface area contributed by atoms with Gasteiger partial charge in [0.05, 0.1) is 14.2 Å². The van der Waals surface area contributed by atoms with Gasteiger partial charge in [-0.3, -0.25) is 9.69 Å². The molecular formula is C20H28N2O3. The summed E-state index contributed by atoms with van der Waals surface area (Å²) in [6, 6.07) is 6.30. The fourth-order valence-electron chi connectivity index (χ4n) is 4.82. The van der Waals surface area contributed by atoms with Crippen LogP contribution in [0.1, 0.15) is 31.2 Å². The van der Waals surface area contributed by atoms with E-state index < -0.39 is 0 Å². The lowest BCUT2D eigenvalue weighted by Crippen LogP contribution is -2.38. The average molecular weight is 344 g/mol. The SMILES string of the molecule is COc1cc(CN2CC[C@H](NC(=O)C3[C@H]4CCC[C@@H]34)C2)cc(OC)c1. The number of hydrogen-bond donors (Lipinski definition) is 1. The Morgan fingerprint density at radius 2 is 1.80 bits per heavy atom. The Kier molecular flexibility index (Phi) is 4.59. The molecule has 3 fully saturated rings. The molecule has 4 rings (SSSR count). The third kappa shape index (κ3) is 3.47. The van der Waals surface area contributed by atoms with E-state index in [9.17, 15) is 4.79 Å². The van der Waals surface area contributed by atoms with E-state index in [2.05, 4.69) is 22.3 Å². The number of carbonyl (C=O) groups excluding carboxylic acids is 1. The van der Waals surface area contributed by atoms with Gasteiger partial charge in [-0.1, -0.05) is 6.42 Å². The topological polar surface area (TPSA) is 50.8 Å². The minimum absolute atomic E-state index is 0.293. The highest BCUT2D eigenvalue weighted by molar-refractivity contribution is 5.82. The summed E-state index contributed by atoms with van der Waals surface area (Å²) in [7, 11) is 3.35. The zero-order chi connectivity index (χ0) is 17.4. The van der Waals surface area contributed by atoms with E-state index in [-0.39, 0.29) is 0 Å². The summed E-state index contributed by atoms with van der Waals surface area (Å²) in [4.78, 5) is 14.8. The number of benzene rings is 1. The van der Waals surface area contributed by atoms with Gasteiger partial charge in [-0.05, 0) is 48.8 Å². The fourth-order valence-corrected chi connectivity index (χ4v) is 4.82. The second-order valence-corrected chi connectivity index (χ2v) is 7.73. The van der Waals surface area contributed by atoms with Crippen LogP contribution < -0.4 is 14.8 Å². The average Bonchev–Trinajstić information content (AvgIpc) is 2.95. The van der Waals surface area contributed by atoms with Crippen molar-refractivity contribution in [3.05, 3.63) is 23.8 Å². The summed E-state index contributed by atoms with van der Waals surface area (Å²) >= 11 is 0. The van der Waals surface area contributed by atoms with Gasteiger partial charge in [0.25, 0.3) is 0 Å². The van der Waals surface area contributed by atoms with Gasteiger partial charge >= 0.3 is 0 Å². The first kappa shape index (κ1) is 16.7. The van der Waals surface area contributed by atoms with Gasteiger partial charge in [-0.2, -0.15) is 0 Å². The van der Waals surface area contributed by atoms with Crippen molar-refractivity contribution in [1.82, 2.24) is 10.2 Å². The van der Waals surface area contributed by atoms with Crippen LogP contribution in [0.2, 0.25) is 0 Å². The van der Waals surface area contributed by atoms with E-state index in [1.54, 1.807) is 14.2 Å². The Morgan fingerprint density at radius 3 is 2.44 bits per heavy atom. The van der Waals surface area contributed by atoms with E-state index in [0.29, 0.717) is 29.7 Å². The minimum Gasteiger partial charge on any atom is -0.497 e. The minimum atomic E-state index is 0.293. The van der Waals surface area contributed by atoms with E-state index in [1.165, 1.54) is 24.8 Å². The van der Waals surface area contributed by atoms with Gasteiger partial charge in [0.15, 0.2) is 0 Å². The van der Waals surface area contributed by atoms with Crippen LogP contribution in [0.4, 0.5) is 0 Å². The Labute approximate surface area is 149 Å². The van der Waals surface area contributed by atoms with Crippen molar-refractivity contribution < 1.29 is 14.3 Å². The molecule has 2 saturated carbocycles. The second kappa shape index (κ2) is 6.87. The van der Waals surface area contributed by atoms with Crippen LogP contribution in [-0.2, 0) is 11.3 Å². The highest BCUT2D eigenvalue weighted by atomic mass is 16.5. The molecule has 1 N–H and O–H groups in total. The summed E-state index contributed by atoms with van der Waals surface area (Å²) in [5.41, 5.74) is 1.18. The molecule has 0 radical (unpaired) electrons. The van der Waals surface area contributed by atoms with Crippen LogP contribution in [0, 0.1) is 17.8 Å². The van der Waals surface area contributed by atoms with Crippen molar-refractivity contribution in [3.63, 3.8) is 0 Å². The number of fused-ring (bicyclic) bond motifs is 1. The zero-order valence-corrected chi connectivity index (χ0v) is 15.2. The molecule has 0 spiro atoms. The van der Waals surface area contributed by atoms with Gasteiger partial charge in [-0.15, -0.1) is 0 Å². The van der Waals surface area contributed by atoms with Gasteiger partial charge < -0.3 is 14.8 Å². The maximum atomic E-state index is 12.4. The number of ether oxygens (including phenoxy) is 2. The number of amides is 1. The zero-order valence-electron chi connectivity index (χ0n) is 15.2. The lowest BCUT2D eigenvalue weighted by molar-refractivity contribution is -0.123. The standard InChI is InChI=1S/C20H28N2O3/c1-24-15-8-13(9-16(10-15)25-2)11-22-7-6-14(12-22)21-20(23)19-17-4-3-5-18(17)19/h8-10,14,17-19H,3-7,11-12H2,1-2H3,(H,21,23)/t14-,17-,18+,19?/m0/s1. The fraction of sp³-hybridized carbons (Fsp3) is 0.650. The highest BCUT2D eigenvalue weighted by Crippen LogP contribution is 2.57. The molecule has 1 unspecified atom stereocenters. The molecule has 1 aromatic rings. The molecule has 1 heterocycles. The second-order valence-electron chi connectivity index (χ2n) is 7.73. The molecule has 1 saturated heterocycles. The van der Waals surface area contributed by atoms with Crippen molar-refractivity contribution >= 4 is 5.91 Å². The molecule has 0 bridgehead atoms. The summed E-state index contributed by atoms with van der Waals surface area (Å²) in [5, 5.41) is 3.30. The Hall–Kier alpha value is -1.75. The Balaban J connectivity index is 1.30. The molecule has 0 aromatic heterocycles. The van der Waals surface area contributed by atoms with Crippen LogP contribution in [0.3, 0.4) is 0 Å². The molecule has 5 heteroatoms. The molecule has 1 aliphatic heterocycles. The predicted octanol–water partition coefficient (Wildman–Crippen LogP) is 2.44. The quantitative estimate of drug-likeness (QED) is 0.861. The maximum absolute atomic E-state index is 12.4. The Bertz CT molecular complexity index is 616. The normalized spacial score (nSPS) is 30.8. The third-order valence-corrected chi connectivity index (χ3v) is 6.15. The molecular weight excluding hydrogens is 316 g/mol. The number of hydrogen-bond acceptors (Lipinski definition) is 4. The molecule has 2 aliphatic carbocycles. The van der Waals surface area contributed by atoms with E-state index >= 15 is 0 Å². The third-order valence-electron chi connectivity index (χ3n) is 6.15. The summed E-state index contributed by atoms with van der Waals surface area (Å²) < 4.78 is 10.7. The van der Waals surface area contributed by atoms with Crippen LogP contribution in [0.15, 0.2) is 18.2 Å². The van der Waals surface area contributed by atoms with Gasteiger partial charge in [0.1, 0.15) is 11.5 Å². The molecule has 1 aromatic carbocycles. The first-order valence-corrected chi connectivity index (χ1v) is 9.42. The van der Waals surface area contributed by atoms with Crippen molar-refractivity contribution in [2.24, 2.45) is 17.8 Å². The summed E-state index contributed by atoms with van der Waals surface area (Å²) in [5.74, 6) is 3.66. The molecule has 3 aliphatic rings. The Morgan fingerprint density at radius 1 is 1.12 bits per heavy atom. The van der Waals surface area contributed by atoms with Crippen LogP contribution in [-0.4, -0.2) is 44.2 Å². The smallest absolute Gasteiger partial charge is 0.223 e. The van der Waals surface area contributed by atoms with Crippen molar-refractivity contribution in [2.75, 3.05) is 27.3 Å². The van der Waals surface area contributed by atoms with E-state index in [1.807, 2.05) is 6.07 Å². The van der Waals surface area contributed by atoms with Gasteiger partial charge in [-0.25, -0.2) is 0 Å². The number of likely N-dealkylation sites (tertiary alicyclic amines) is 1. The first-order valence-electron chi connectivity index (χ1n) is 9.42. The number of rotatable bonds is 6. The molecule has 25 heavy (non-hydrogen) atoms. The molecule has 136 valence electrons. The predicted molar refractivity (Wildman–Crippen MR) is 95.7 cm³/mol. The number of methoxy groups -OCH3 is 2. The lowest BCUT2D eigenvalue weighted by Gasteiger charge is -2.18. The van der Waals surface area contributed by atoms with Gasteiger partial charge in [0.2, 0.25) is 5.91 Å². The number of nitrogens with zero attached hydrogens (tertiary/aromatic N) is 1. The van der Waals surface area contributed by atoms with Crippen LogP contribution >= 0.6 is 0 Å². The summed E-state index contributed by atoms with van der Waals surface area (Å²) in [6.07, 6.45) is 4.88. The van der Waals surface area contributed by atoms with Crippen molar-refractivity contribution in [2.45, 2.75) is 38.3 Å². The monoisotopic (exact) mass is 344 g/mol. The van der Waals surface area contributed by atoms with E-state index in [4.69, 9.17) is 9.47 Å². The van der Waals surface area contributed by atoms with Crippen molar-refractivity contribution in [3.8, 4) is 11.5 Å². The maximum Gasteiger partial charge on any atom is 0.223 e. The van der Waals surface area contributed by atoms with E-state index in [0.717, 1.165) is 37.6 Å². The number of carbonyl (C=O) groups is 1. The van der Waals surface area contributed by atoms with Crippen molar-refractivity contribution in [1.29, 1.82) is 0 Å². The van der Waals surface area contributed by atoms with Crippen LogP contribution in [0.25, 0.3) is 0 Å².